The maximum Gasteiger partial charge on any atom is 0.269 e. The standard InChI is InChI=1S/C19H26N4O4S/c24-18(22-14-4-5-17(22)19(25)21-12-1-2-13-21)6-3-11-20-28-16-9-7-15(8-10-16)23(26)27/h7-10,17,20H,1-6,11-14H2. The average Bonchev–Trinajstić information content (AvgIpc) is 3.39. The molecule has 1 aromatic rings. The summed E-state index contributed by atoms with van der Waals surface area (Å²) in [7, 11) is 0. The van der Waals surface area contributed by atoms with Crippen LogP contribution in [-0.4, -0.2) is 58.8 Å². The van der Waals surface area contributed by atoms with Gasteiger partial charge in [0.05, 0.1) is 4.92 Å². The van der Waals surface area contributed by atoms with Gasteiger partial charge in [-0.3, -0.25) is 24.4 Å². The Morgan fingerprint density at radius 2 is 1.86 bits per heavy atom. The fraction of sp³-hybridized carbons (Fsp3) is 0.579. The number of nitrogens with one attached hydrogen (secondary N) is 1. The highest BCUT2D eigenvalue weighted by atomic mass is 32.2. The molecule has 9 heteroatoms. The van der Waals surface area contributed by atoms with Gasteiger partial charge in [-0.15, -0.1) is 0 Å². The predicted molar refractivity (Wildman–Crippen MR) is 107 cm³/mol. The van der Waals surface area contributed by atoms with E-state index in [0.717, 1.165) is 43.7 Å². The fourth-order valence-corrected chi connectivity index (χ4v) is 4.38. The first kappa shape index (κ1) is 20.6. The number of nitrogens with zero attached hydrogens (tertiary/aromatic N) is 3. The molecule has 28 heavy (non-hydrogen) atoms. The maximum absolute atomic E-state index is 12.6. The van der Waals surface area contributed by atoms with Crippen LogP contribution < -0.4 is 4.72 Å². The van der Waals surface area contributed by atoms with Crippen molar-refractivity contribution in [2.75, 3.05) is 26.2 Å². The highest BCUT2D eigenvalue weighted by Crippen LogP contribution is 2.23. The van der Waals surface area contributed by atoms with E-state index < -0.39 is 4.92 Å². The lowest BCUT2D eigenvalue weighted by atomic mass is 10.2. The van der Waals surface area contributed by atoms with Crippen molar-refractivity contribution >= 4 is 29.4 Å². The van der Waals surface area contributed by atoms with E-state index in [0.29, 0.717) is 25.9 Å². The zero-order chi connectivity index (χ0) is 19.9. The van der Waals surface area contributed by atoms with Gasteiger partial charge < -0.3 is 9.80 Å². The van der Waals surface area contributed by atoms with Crippen molar-refractivity contribution in [1.82, 2.24) is 14.5 Å². The summed E-state index contributed by atoms with van der Waals surface area (Å²) in [6, 6.07) is 6.06. The summed E-state index contributed by atoms with van der Waals surface area (Å²) in [6.45, 7) is 2.96. The number of non-ortho nitro benzene ring substituents is 1. The number of carbonyl (C=O) groups is 2. The van der Waals surface area contributed by atoms with Gasteiger partial charge in [-0.1, -0.05) is 0 Å². The Bertz CT molecular complexity index is 706. The van der Waals surface area contributed by atoms with Crippen LogP contribution in [0.5, 0.6) is 0 Å². The SMILES string of the molecule is O=C(C1CCCN1C(=O)CCCNSc1ccc([N+](=O)[O-])cc1)N1CCCC1. The molecule has 0 bridgehead atoms. The quantitative estimate of drug-likeness (QED) is 0.309. The van der Waals surface area contributed by atoms with Crippen molar-refractivity contribution in [3.05, 3.63) is 34.4 Å². The maximum atomic E-state index is 12.6. The molecule has 2 aliphatic heterocycles. The monoisotopic (exact) mass is 406 g/mol. The van der Waals surface area contributed by atoms with Gasteiger partial charge in [-0.05, 0) is 56.2 Å². The van der Waals surface area contributed by atoms with Crippen LogP contribution >= 0.6 is 11.9 Å². The first-order chi connectivity index (χ1) is 13.6. The number of hydrogen-bond donors (Lipinski definition) is 1. The molecule has 8 nitrogen and oxygen atoms in total. The third-order valence-corrected chi connectivity index (χ3v) is 6.04. The molecule has 2 saturated heterocycles. The van der Waals surface area contributed by atoms with Gasteiger partial charge in [0.1, 0.15) is 6.04 Å². The van der Waals surface area contributed by atoms with Crippen molar-refractivity contribution in [2.45, 2.75) is 49.5 Å². The highest BCUT2D eigenvalue weighted by molar-refractivity contribution is 7.97. The Morgan fingerprint density at radius 1 is 1.14 bits per heavy atom. The van der Waals surface area contributed by atoms with Crippen molar-refractivity contribution in [3.63, 3.8) is 0 Å². The molecule has 1 atom stereocenters. The number of carbonyl (C=O) groups excluding carboxylic acids is 2. The molecular weight excluding hydrogens is 380 g/mol. The Balaban J connectivity index is 1.37. The van der Waals surface area contributed by atoms with Gasteiger partial charge in [0.15, 0.2) is 0 Å². The van der Waals surface area contributed by atoms with Gasteiger partial charge in [-0.25, -0.2) is 0 Å². The lowest BCUT2D eigenvalue weighted by molar-refractivity contribution is -0.384. The van der Waals surface area contributed by atoms with E-state index in [1.165, 1.54) is 24.1 Å². The summed E-state index contributed by atoms with van der Waals surface area (Å²) >= 11 is 1.39. The minimum absolute atomic E-state index is 0.0529. The molecule has 0 aromatic heterocycles. The van der Waals surface area contributed by atoms with Crippen molar-refractivity contribution in [3.8, 4) is 0 Å². The van der Waals surface area contributed by atoms with Gasteiger partial charge in [0.2, 0.25) is 11.8 Å². The largest absolute Gasteiger partial charge is 0.341 e. The Kier molecular flexibility index (Phi) is 7.27. The van der Waals surface area contributed by atoms with E-state index in [9.17, 15) is 19.7 Å². The lowest BCUT2D eigenvalue weighted by Crippen LogP contribution is -2.47. The Labute approximate surface area is 168 Å². The van der Waals surface area contributed by atoms with Crippen LogP contribution in [0.2, 0.25) is 0 Å². The van der Waals surface area contributed by atoms with Crippen LogP contribution in [0.3, 0.4) is 0 Å². The summed E-state index contributed by atoms with van der Waals surface area (Å²) in [5, 5.41) is 10.6. The summed E-state index contributed by atoms with van der Waals surface area (Å²) in [6.07, 6.45) is 4.88. The minimum Gasteiger partial charge on any atom is -0.341 e. The van der Waals surface area contributed by atoms with Crippen LogP contribution in [0.4, 0.5) is 5.69 Å². The smallest absolute Gasteiger partial charge is 0.269 e. The molecule has 0 aliphatic carbocycles. The van der Waals surface area contributed by atoms with E-state index in [1.807, 2.05) is 4.90 Å². The molecule has 0 saturated carbocycles. The van der Waals surface area contributed by atoms with Crippen molar-refractivity contribution in [1.29, 1.82) is 0 Å². The number of rotatable bonds is 8. The number of nitro groups is 1. The van der Waals surface area contributed by atoms with E-state index in [-0.39, 0.29) is 23.5 Å². The number of benzene rings is 1. The van der Waals surface area contributed by atoms with Crippen LogP contribution in [0.1, 0.15) is 38.5 Å². The number of nitro benzene ring substituents is 1. The molecule has 2 fully saturated rings. The third kappa shape index (κ3) is 5.23. The summed E-state index contributed by atoms with van der Waals surface area (Å²) in [5.41, 5.74) is 0.0681. The zero-order valence-electron chi connectivity index (χ0n) is 15.8. The van der Waals surface area contributed by atoms with Crippen molar-refractivity contribution in [2.24, 2.45) is 0 Å². The third-order valence-electron chi connectivity index (χ3n) is 5.18. The summed E-state index contributed by atoms with van der Waals surface area (Å²) in [4.78, 5) is 40.0. The van der Waals surface area contributed by atoms with Gasteiger partial charge in [0, 0.05) is 49.6 Å². The Morgan fingerprint density at radius 3 is 2.54 bits per heavy atom. The molecule has 152 valence electrons. The van der Waals surface area contributed by atoms with Crippen LogP contribution in [0.25, 0.3) is 0 Å². The number of likely N-dealkylation sites (tertiary alicyclic amines) is 2. The van der Waals surface area contributed by atoms with E-state index >= 15 is 0 Å². The first-order valence-corrected chi connectivity index (χ1v) is 10.6. The molecule has 1 aromatic carbocycles. The van der Waals surface area contributed by atoms with Crippen molar-refractivity contribution < 1.29 is 14.5 Å². The zero-order valence-corrected chi connectivity index (χ0v) is 16.7. The van der Waals surface area contributed by atoms with E-state index in [2.05, 4.69) is 4.72 Å². The molecule has 0 spiro atoms. The van der Waals surface area contributed by atoms with Gasteiger partial charge >= 0.3 is 0 Å². The normalized spacial score (nSPS) is 19.2. The van der Waals surface area contributed by atoms with Crippen LogP contribution in [0, 0.1) is 10.1 Å². The van der Waals surface area contributed by atoms with Gasteiger partial charge in [0.25, 0.3) is 5.69 Å². The Hall–Kier alpha value is -2.13. The fourth-order valence-electron chi connectivity index (χ4n) is 3.70. The summed E-state index contributed by atoms with van der Waals surface area (Å²) < 4.78 is 3.18. The molecule has 3 rings (SSSR count). The summed E-state index contributed by atoms with van der Waals surface area (Å²) in [5.74, 6) is 0.174. The topological polar surface area (TPSA) is 95.8 Å². The lowest BCUT2D eigenvalue weighted by Gasteiger charge is -2.27. The number of hydrogen-bond acceptors (Lipinski definition) is 6. The number of amides is 2. The molecule has 1 N–H and O–H groups in total. The minimum atomic E-state index is -0.423. The molecule has 0 radical (unpaired) electrons. The second-order valence-corrected chi connectivity index (χ2v) is 8.09. The first-order valence-electron chi connectivity index (χ1n) is 9.78. The second kappa shape index (κ2) is 9.88. The molecular formula is C19H26N4O4S. The molecule has 1 unspecified atom stereocenters. The molecule has 2 aliphatic rings. The van der Waals surface area contributed by atoms with E-state index in [4.69, 9.17) is 0 Å². The molecule has 2 amide bonds. The van der Waals surface area contributed by atoms with E-state index in [1.54, 1.807) is 17.0 Å². The second-order valence-electron chi connectivity index (χ2n) is 7.13. The average molecular weight is 407 g/mol. The highest BCUT2D eigenvalue weighted by Gasteiger charge is 2.36. The van der Waals surface area contributed by atoms with Gasteiger partial charge in [-0.2, -0.15) is 0 Å². The predicted octanol–water partition coefficient (Wildman–Crippen LogP) is 2.59. The molecule has 2 heterocycles. The van der Waals surface area contributed by atoms with Crippen LogP contribution in [0.15, 0.2) is 29.2 Å². The van der Waals surface area contributed by atoms with Crippen LogP contribution in [-0.2, 0) is 9.59 Å².